The first-order chi connectivity index (χ1) is 5.75. The fourth-order valence-corrected chi connectivity index (χ4v) is 2.03. The van der Waals surface area contributed by atoms with Crippen molar-refractivity contribution in [3.8, 4) is 10.7 Å². The third-order valence-corrected chi connectivity index (χ3v) is 2.81. The van der Waals surface area contributed by atoms with Gasteiger partial charge in [-0.05, 0) is 18.5 Å². The summed E-state index contributed by atoms with van der Waals surface area (Å²) >= 11 is 2.87. The van der Waals surface area contributed by atoms with Crippen LogP contribution in [0.1, 0.15) is 5.01 Å². The van der Waals surface area contributed by atoms with E-state index in [0.717, 1.165) is 15.7 Å². The minimum atomic E-state index is 0.320. The van der Waals surface area contributed by atoms with Gasteiger partial charge in [0, 0.05) is 5.38 Å². The van der Waals surface area contributed by atoms with E-state index in [1.54, 1.807) is 11.3 Å². The summed E-state index contributed by atoms with van der Waals surface area (Å²) in [6.45, 7) is 1.96. The Balaban J connectivity index is 2.43. The predicted molar refractivity (Wildman–Crippen MR) is 50.2 cm³/mol. The lowest BCUT2D eigenvalue weighted by atomic mass is 10.5. The molecule has 0 aliphatic carbocycles. The maximum Gasteiger partial charge on any atom is 0.232 e. The fraction of sp³-hybridized carbons (Fsp3) is 0.167. The quantitative estimate of drug-likeness (QED) is 0.755. The molecule has 0 radical (unpaired) electrons. The van der Waals surface area contributed by atoms with Crippen LogP contribution in [0.3, 0.4) is 0 Å². The maximum atomic E-state index is 5.39. The number of aryl methyl sites for hydroxylation is 1. The second kappa shape index (κ2) is 2.80. The number of nitrogen functional groups attached to an aromatic ring is 1. The van der Waals surface area contributed by atoms with Gasteiger partial charge in [-0.15, -0.1) is 11.3 Å². The van der Waals surface area contributed by atoms with Gasteiger partial charge in [0.05, 0.1) is 5.01 Å². The van der Waals surface area contributed by atoms with Crippen LogP contribution >= 0.6 is 22.9 Å². The number of thiazole rings is 1. The van der Waals surface area contributed by atoms with Gasteiger partial charge in [0.15, 0.2) is 5.01 Å². The molecule has 2 rings (SSSR count). The van der Waals surface area contributed by atoms with Gasteiger partial charge < -0.3 is 5.73 Å². The van der Waals surface area contributed by atoms with Crippen LogP contribution in [0.5, 0.6) is 0 Å². The van der Waals surface area contributed by atoms with Gasteiger partial charge in [0.1, 0.15) is 5.69 Å². The van der Waals surface area contributed by atoms with Crippen molar-refractivity contribution >= 4 is 28.8 Å². The number of rotatable bonds is 1. The summed E-state index contributed by atoms with van der Waals surface area (Å²) in [5.41, 5.74) is 6.25. The summed E-state index contributed by atoms with van der Waals surface area (Å²) in [5, 5.41) is 3.77. The van der Waals surface area contributed by atoms with Gasteiger partial charge in [-0.3, -0.25) is 0 Å². The van der Waals surface area contributed by atoms with E-state index >= 15 is 0 Å². The molecule has 12 heavy (non-hydrogen) atoms. The second-order valence-electron chi connectivity index (χ2n) is 2.21. The number of anilines is 1. The van der Waals surface area contributed by atoms with Crippen molar-refractivity contribution in [3.05, 3.63) is 10.4 Å². The Morgan fingerprint density at radius 2 is 2.25 bits per heavy atom. The topological polar surface area (TPSA) is 64.7 Å². The van der Waals surface area contributed by atoms with E-state index in [2.05, 4.69) is 14.3 Å². The van der Waals surface area contributed by atoms with E-state index in [9.17, 15) is 0 Å². The van der Waals surface area contributed by atoms with Crippen molar-refractivity contribution in [1.29, 1.82) is 0 Å². The smallest absolute Gasteiger partial charge is 0.232 e. The fourth-order valence-electron chi connectivity index (χ4n) is 0.801. The molecular formula is C6H6N4S2. The van der Waals surface area contributed by atoms with E-state index < -0.39 is 0 Å². The molecule has 6 heteroatoms. The van der Waals surface area contributed by atoms with E-state index in [4.69, 9.17) is 5.73 Å². The molecule has 2 N–H and O–H groups in total. The molecule has 4 nitrogen and oxygen atoms in total. The Kier molecular flexibility index (Phi) is 1.78. The van der Waals surface area contributed by atoms with Crippen LogP contribution in [0, 0.1) is 6.92 Å². The molecule has 0 saturated heterocycles. The van der Waals surface area contributed by atoms with Crippen molar-refractivity contribution in [2.75, 3.05) is 5.73 Å². The molecule has 62 valence electrons. The van der Waals surface area contributed by atoms with Gasteiger partial charge in [0.2, 0.25) is 5.95 Å². The van der Waals surface area contributed by atoms with Crippen LogP contribution in [0.2, 0.25) is 0 Å². The molecule has 0 saturated carbocycles. The van der Waals surface area contributed by atoms with Crippen LogP contribution in [0.25, 0.3) is 10.7 Å². The van der Waals surface area contributed by atoms with E-state index in [1.807, 2.05) is 12.3 Å². The first-order valence-electron chi connectivity index (χ1n) is 3.27. The molecule has 0 fully saturated rings. The molecule has 0 spiro atoms. The summed E-state index contributed by atoms with van der Waals surface area (Å²) in [4.78, 5) is 8.29. The summed E-state index contributed by atoms with van der Waals surface area (Å²) in [7, 11) is 0. The Morgan fingerprint density at radius 3 is 2.75 bits per heavy atom. The van der Waals surface area contributed by atoms with Gasteiger partial charge in [-0.1, -0.05) is 0 Å². The minimum Gasteiger partial charge on any atom is -0.367 e. The Morgan fingerprint density at radius 1 is 1.42 bits per heavy atom. The van der Waals surface area contributed by atoms with Crippen molar-refractivity contribution in [2.24, 2.45) is 0 Å². The normalized spacial score (nSPS) is 10.4. The Labute approximate surface area is 77.3 Å². The standard InChI is InChI=1S/C6H6N4S2/c1-3-8-4(2-11-3)5-9-6(7)10-12-5/h2H,1H3,(H2,7,10). The zero-order valence-electron chi connectivity index (χ0n) is 6.31. The third-order valence-electron chi connectivity index (χ3n) is 1.28. The lowest BCUT2D eigenvalue weighted by Crippen LogP contribution is -1.85. The molecule has 2 heterocycles. The molecular weight excluding hydrogens is 192 g/mol. The Hall–Kier alpha value is -1.01. The summed E-state index contributed by atoms with van der Waals surface area (Å²) < 4.78 is 3.88. The average molecular weight is 198 g/mol. The first kappa shape index (κ1) is 7.63. The van der Waals surface area contributed by atoms with Gasteiger partial charge in [0.25, 0.3) is 0 Å². The van der Waals surface area contributed by atoms with Gasteiger partial charge >= 0.3 is 0 Å². The van der Waals surface area contributed by atoms with Crippen molar-refractivity contribution in [3.63, 3.8) is 0 Å². The van der Waals surface area contributed by atoms with Crippen molar-refractivity contribution in [2.45, 2.75) is 6.92 Å². The first-order valence-corrected chi connectivity index (χ1v) is 4.92. The number of hydrogen-bond acceptors (Lipinski definition) is 6. The van der Waals surface area contributed by atoms with E-state index in [1.165, 1.54) is 11.5 Å². The number of aromatic nitrogens is 3. The number of hydrogen-bond donors (Lipinski definition) is 1. The summed E-state index contributed by atoms with van der Waals surface area (Å²) in [6, 6.07) is 0. The number of nitrogens with zero attached hydrogens (tertiary/aromatic N) is 3. The minimum absolute atomic E-state index is 0.320. The van der Waals surface area contributed by atoms with Crippen LogP contribution in [0.15, 0.2) is 5.38 Å². The molecule has 0 aromatic carbocycles. The number of nitrogens with two attached hydrogens (primary N) is 1. The van der Waals surface area contributed by atoms with Crippen LogP contribution in [-0.2, 0) is 0 Å². The van der Waals surface area contributed by atoms with E-state index in [-0.39, 0.29) is 0 Å². The zero-order chi connectivity index (χ0) is 8.55. The molecule has 2 aromatic heterocycles. The molecule has 2 aromatic rings. The van der Waals surface area contributed by atoms with Crippen LogP contribution < -0.4 is 5.73 Å². The monoisotopic (exact) mass is 198 g/mol. The highest BCUT2D eigenvalue weighted by Crippen LogP contribution is 2.23. The summed E-state index contributed by atoms with van der Waals surface area (Å²) in [6.07, 6.45) is 0. The SMILES string of the molecule is Cc1nc(-c2nc(N)ns2)cs1. The molecule has 0 amide bonds. The maximum absolute atomic E-state index is 5.39. The second-order valence-corrected chi connectivity index (χ2v) is 4.02. The van der Waals surface area contributed by atoms with E-state index in [0.29, 0.717) is 5.95 Å². The lowest BCUT2D eigenvalue weighted by molar-refractivity contribution is 1.27. The lowest BCUT2D eigenvalue weighted by Gasteiger charge is -1.82. The van der Waals surface area contributed by atoms with Crippen molar-refractivity contribution in [1.82, 2.24) is 14.3 Å². The molecule has 0 bridgehead atoms. The highest BCUT2D eigenvalue weighted by atomic mass is 32.1. The van der Waals surface area contributed by atoms with Gasteiger partial charge in [-0.25, -0.2) is 4.98 Å². The average Bonchev–Trinajstić information content (AvgIpc) is 2.58. The molecule has 0 aliphatic heterocycles. The Bertz CT molecular complexity index is 353. The summed E-state index contributed by atoms with van der Waals surface area (Å²) in [5.74, 6) is 0.320. The van der Waals surface area contributed by atoms with Crippen LogP contribution in [-0.4, -0.2) is 14.3 Å². The van der Waals surface area contributed by atoms with Gasteiger partial charge in [-0.2, -0.15) is 9.36 Å². The zero-order valence-corrected chi connectivity index (χ0v) is 7.95. The molecule has 0 aliphatic rings. The predicted octanol–water partition coefficient (Wildman–Crippen LogP) is 1.55. The van der Waals surface area contributed by atoms with Crippen LogP contribution in [0.4, 0.5) is 5.95 Å². The van der Waals surface area contributed by atoms with Crippen molar-refractivity contribution < 1.29 is 0 Å². The largest absolute Gasteiger partial charge is 0.367 e. The molecule has 0 unspecified atom stereocenters. The molecule has 0 atom stereocenters. The third kappa shape index (κ3) is 1.30. The highest BCUT2D eigenvalue weighted by molar-refractivity contribution is 7.11. The highest BCUT2D eigenvalue weighted by Gasteiger charge is 2.06.